The first kappa shape index (κ1) is 11.4. The van der Waals surface area contributed by atoms with E-state index in [9.17, 15) is 4.79 Å². The molecule has 1 saturated carbocycles. The standard InChI is InChI=1S/C12H14ClNO2/c1-6-4-7(5-8(13)14-6)9-10(11(15)16)12(9,2)3/h4-5,9-10H,1-3H3,(H,15,16)/t9-,10+/m1/s1. The molecule has 1 fully saturated rings. The van der Waals surface area contributed by atoms with Crippen LogP contribution in [0.2, 0.25) is 5.15 Å². The Morgan fingerprint density at radius 3 is 2.56 bits per heavy atom. The molecule has 0 radical (unpaired) electrons. The monoisotopic (exact) mass is 239 g/mol. The first-order valence-corrected chi connectivity index (χ1v) is 5.58. The highest BCUT2D eigenvalue weighted by Gasteiger charge is 2.62. The van der Waals surface area contributed by atoms with Gasteiger partial charge in [-0.3, -0.25) is 4.79 Å². The van der Waals surface area contributed by atoms with Crippen LogP contribution < -0.4 is 0 Å². The summed E-state index contributed by atoms with van der Waals surface area (Å²) in [5.74, 6) is -1.00. The number of carboxylic acids is 1. The van der Waals surface area contributed by atoms with E-state index in [-0.39, 0.29) is 17.3 Å². The molecular weight excluding hydrogens is 226 g/mol. The van der Waals surface area contributed by atoms with Gasteiger partial charge >= 0.3 is 5.97 Å². The van der Waals surface area contributed by atoms with E-state index in [1.165, 1.54) is 0 Å². The third kappa shape index (κ3) is 1.69. The Bertz CT molecular complexity index is 436. The average Bonchev–Trinajstić information content (AvgIpc) is 2.67. The Labute approximate surface area is 99.5 Å². The smallest absolute Gasteiger partial charge is 0.307 e. The maximum absolute atomic E-state index is 11.1. The van der Waals surface area contributed by atoms with Crippen molar-refractivity contribution >= 4 is 17.6 Å². The summed E-state index contributed by atoms with van der Waals surface area (Å²) in [6.07, 6.45) is 0. The Morgan fingerprint density at radius 1 is 1.50 bits per heavy atom. The summed E-state index contributed by atoms with van der Waals surface area (Å²) < 4.78 is 0. The van der Waals surface area contributed by atoms with Gasteiger partial charge in [0, 0.05) is 11.6 Å². The van der Waals surface area contributed by atoms with E-state index in [2.05, 4.69) is 4.98 Å². The van der Waals surface area contributed by atoms with Gasteiger partial charge in [-0.15, -0.1) is 0 Å². The minimum absolute atomic E-state index is 0.0456. The summed E-state index contributed by atoms with van der Waals surface area (Å²) in [6, 6.07) is 3.69. The molecule has 0 amide bonds. The van der Waals surface area contributed by atoms with Crippen molar-refractivity contribution in [1.82, 2.24) is 4.98 Å². The third-order valence-corrected chi connectivity index (χ3v) is 3.59. The van der Waals surface area contributed by atoms with Gasteiger partial charge in [0.2, 0.25) is 0 Å². The second kappa shape index (κ2) is 3.45. The van der Waals surface area contributed by atoms with Gasteiger partial charge in [0.05, 0.1) is 5.92 Å². The number of hydrogen-bond donors (Lipinski definition) is 1. The largest absolute Gasteiger partial charge is 0.481 e. The van der Waals surface area contributed by atoms with Gasteiger partial charge in [0.1, 0.15) is 5.15 Å². The number of nitrogens with zero attached hydrogens (tertiary/aromatic N) is 1. The van der Waals surface area contributed by atoms with Crippen molar-refractivity contribution in [2.75, 3.05) is 0 Å². The van der Waals surface area contributed by atoms with Crippen LogP contribution in [0.15, 0.2) is 12.1 Å². The predicted octanol–water partition coefficient (Wildman–Crippen LogP) is 2.87. The van der Waals surface area contributed by atoms with Gasteiger partial charge in [-0.1, -0.05) is 25.4 Å². The topological polar surface area (TPSA) is 50.2 Å². The molecule has 4 heteroatoms. The molecule has 16 heavy (non-hydrogen) atoms. The quantitative estimate of drug-likeness (QED) is 0.808. The van der Waals surface area contributed by atoms with E-state index >= 15 is 0 Å². The Balaban J connectivity index is 2.37. The summed E-state index contributed by atoms with van der Waals surface area (Å²) in [5.41, 5.74) is 1.62. The van der Waals surface area contributed by atoms with Gasteiger partial charge < -0.3 is 5.11 Å². The van der Waals surface area contributed by atoms with Crippen LogP contribution >= 0.6 is 11.6 Å². The van der Waals surface area contributed by atoms with Crippen LogP contribution in [0.4, 0.5) is 0 Å². The second-order valence-electron chi connectivity index (χ2n) is 4.98. The van der Waals surface area contributed by atoms with Crippen LogP contribution in [-0.4, -0.2) is 16.1 Å². The second-order valence-corrected chi connectivity index (χ2v) is 5.37. The molecule has 0 spiro atoms. The molecule has 1 heterocycles. The fourth-order valence-electron chi connectivity index (χ4n) is 2.55. The maximum atomic E-state index is 11.1. The average molecular weight is 240 g/mol. The van der Waals surface area contributed by atoms with Crippen molar-refractivity contribution in [3.05, 3.63) is 28.5 Å². The molecule has 0 saturated heterocycles. The molecular formula is C12H14ClNO2. The zero-order valence-electron chi connectivity index (χ0n) is 9.49. The van der Waals surface area contributed by atoms with E-state index in [1.54, 1.807) is 6.07 Å². The first-order chi connectivity index (χ1) is 7.34. The highest BCUT2D eigenvalue weighted by atomic mass is 35.5. The molecule has 3 nitrogen and oxygen atoms in total. The lowest BCUT2D eigenvalue weighted by atomic mass is 10.0. The normalized spacial score (nSPS) is 26.5. The lowest BCUT2D eigenvalue weighted by Crippen LogP contribution is -2.03. The van der Waals surface area contributed by atoms with Crippen LogP contribution in [0.25, 0.3) is 0 Å². The molecule has 1 aliphatic rings. The van der Waals surface area contributed by atoms with Crippen LogP contribution in [0, 0.1) is 18.3 Å². The molecule has 1 aromatic rings. The van der Waals surface area contributed by atoms with Crippen LogP contribution in [0.5, 0.6) is 0 Å². The predicted molar refractivity (Wildman–Crippen MR) is 61.6 cm³/mol. The Kier molecular flexibility index (Phi) is 2.46. The Hall–Kier alpha value is -1.09. The fourth-order valence-corrected chi connectivity index (χ4v) is 2.81. The van der Waals surface area contributed by atoms with Crippen molar-refractivity contribution < 1.29 is 9.90 Å². The number of hydrogen-bond acceptors (Lipinski definition) is 2. The maximum Gasteiger partial charge on any atom is 0.307 e. The molecule has 1 aromatic heterocycles. The van der Waals surface area contributed by atoms with Crippen LogP contribution in [-0.2, 0) is 4.79 Å². The molecule has 0 aliphatic heterocycles. The highest BCUT2D eigenvalue weighted by Crippen LogP contribution is 2.64. The lowest BCUT2D eigenvalue weighted by molar-refractivity contribution is -0.139. The van der Waals surface area contributed by atoms with E-state index < -0.39 is 5.97 Å². The summed E-state index contributed by atoms with van der Waals surface area (Å²) in [7, 11) is 0. The minimum Gasteiger partial charge on any atom is -0.481 e. The van der Waals surface area contributed by atoms with Crippen molar-refractivity contribution in [3.8, 4) is 0 Å². The molecule has 2 atom stereocenters. The molecule has 86 valence electrons. The SMILES string of the molecule is Cc1cc([C@@H]2[C@@H](C(=O)O)C2(C)C)cc(Cl)n1. The highest BCUT2D eigenvalue weighted by molar-refractivity contribution is 6.29. The van der Waals surface area contributed by atoms with Crippen molar-refractivity contribution in [1.29, 1.82) is 0 Å². The van der Waals surface area contributed by atoms with E-state index in [0.717, 1.165) is 11.3 Å². The van der Waals surface area contributed by atoms with Gasteiger partial charge in [-0.05, 0) is 30.0 Å². The van der Waals surface area contributed by atoms with Gasteiger partial charge in [0.15, 0.2) is 0 Å². The number of aliphatic carboxylic acids is 1. The van der Waals surface area contributed by atoms with E-state index in [1.807, 2.05) is 26.8 Å². The fraction of sp³-hybridized carbons (Fsp3) is 0.500. The van der Waals surface area contributed by atoms with Crippen molar-refractivity contribution in [2.45, 2.75) is 26.7 Å². The third-order valence-electron chi connectivity index (χ3n) is 3.40. The van der Waals surface area contributed by atoms with Crippen molar-refractivity contribution in [3.63, 3.8) is 0 Å². The molecule has 0 bridgehead atoms. The number of rotatable bonds is 2. The van der Waals surface area contributed by atoms with Crippen LogP contribution in [0.3, 0.4) is 0 Å². The van der Waals surface area contributed by atoms with Crippen molar-refractivity contribution in [2.24, 2.45) is 11.3 Å². The number of aromatic nitrogens is 1. The summed E-state index contributed by atoms with van der Waals surface area (Å²) >= 11 is 5.88. The summed E-state index contributed by atoms with van der Waals surface area (Å²) in [5, 5.41) is 9.54. The van der Waals surface area contributed by atoms with Gasteiger partial charge in [0.25, 0.3) is 0 Å². The summed E-state index contributed by atoms with van der Waals surface area (Å²) in [6.45, 7) is 5.81. The Morgan fingerprint density at radius 2 is 2.12 bits per heavy atom. The number of carbonyl (C=O) groups is 1. The van der Waals surface area contributed by atoms with Gasteiger partial charge in [-0.2, -0.15) is 0 Å². The van der Waals surface area contributed by atoms with E-state index in [4.69, 9.17) is 16.7 Å². The number of aryl methyl sites for hydroxylation is 1. The molecule has 2 rings (SSSR count). The molecule has 0 aromatic carbocycles. The summed E-state index contributed by atoms with van der Waals surface area (Å²) in [4.78, 5) is 15.2. The number of halogens is 1. The zero-order chi connectivity index (χ0) is 12.1. The number of carboxylic acid groups (broad SMARTS) is 1. The zero-order valence-corrected chi connectivity index (χ0v) is 10.2. The van der Waals surface area contributed by atoms with Crippen LogP contribution in [0.1, 0.15) is 31.0 Å². The first-order valence-electron chi connectivity index (χ1n) is 5.21. The molecule has 0 unspecified atom stereocenters. The number of pyridine rings is 1. The van der Waals surface area contributed by atoms with Gasteiger partial charge in [-0.25, -0.2) is 4.98 Å². The lowest BCUT2D eigenvalue weighted by Gasteiger charge is -2.04. The minimum atomic E-state index is -0.736. The van der Waals surface area contributed by atoms with E-state index in [0.29, 0.717) is 5.15 Å². The molecule has 1 N–H and O–H groups in total. The molecule has 1 aliphatic carbocycles.